The molecule has 0 aliphatic heterocycles. The third-order valence-electron chi connectivity index (χ3n) is 3.39. The van der Waals surface area contributed by atoms with Crippen molar-refractivity contribution in [2.75, 3.05) is 19.4 Å². The number of hydrogen-bond donors (Lipinski definition) is 3. The summed E-state index contributed by atoms with van der Waals surface area (Å²) in [5, 5.41) is 12.7. The summed E-state index contributed by atoms with van der Waals surface area (Å²) in [6.45, 7) is 2.58. The molecular formula is C15H21N5O. The van der Waals surface area contributed by atoms with Crippen LogP contribution in [0.5, 0.6) is 0 Å². The molecule has 1 unspecified atom stereocenters. The summed E-state index contributed by atoms with van der Waals surface area (Å²) in [7, 11) is 3.66. The van der Waals surface area contributed by atoms with Gasteiger partial charge in [0.05, 0.1) is 12.7 Å². The number of carbonyl (C=O) groups excluding carboxylic acids is 1. The van der Waals surface area contributed by atoms with Crippen LogP contribution in [0.2, 0.25) is 0 Å². The van der Waals surface area contributed by atoms with Crippen LogP contribution < -0.4 is 10.6 Å². The molecule has 2 amide bonds. The quantitative estimate of drug-likeness (QED) is 0.790. The number of amides is 2. The van der Waals surface area contributed by atoms with Gasteiger partial charge in [-0.2, -0.15) is 5.10 Å². The normalized spacial score (nSPS) is 12.0. The number of aromatic nitrogens is 2. The third kappa shape index (κ3) is 4.06. The molecule has 1 aromatic carbocycles. The number of H-pyrrole nitrogens is 1. The standard InChI is InChI=1S/C15H21N5O/c1-11(16-2)13-5-4-6-14(7-13)19-15(21)20(3)10-12-8-17-18-9-12/h4-9,11,16H,10H2,1-3H3,(H,17,18)(H,19,21). The van der Waals surface area contributed by atoms with Crippen molar-refractivity contribution in [2.24, 2.45) is 0 Å². The topological polar surface area (TPSA) is 73.0 Å². The van der Waals surface area contributed by atoms with Crippen molar-refractivity contribution in [1.29, 1.82) is 0 Å². The lowest BCUT2D eigenvalue weighted by Crippen LogP contribution is -2.30. The second kappa shape index (κ2) is 6.90. The van der Waals surface area contributed by atoms with E-state index in [9.17, 15) is 4.79 Å². The third-order valence-corrected chi connectivity index (χ3v) is 3.39. The molecule has 1 aromatic heterocycles. The van der Waals surface area contributed by atoms with Gasteiger partial charge in [0.25, 0.3) is 0 Å². The zero-order chi connectivity index (χ0) is 15.2. The summed E-state index contributed by atoms with van der Waals surface area (Å²) in [6.07, 6.45) is 3.48. The second-order valence-corrected chi connectivity index (χ2v) is 5.03. The number of urea groups is 1. The summed E-state index contributed by atoms with van der Waals surface area (Å²) in [5.41, 5.74) is 2.89. The molecule has 112 valence electrons. The van der Waals surface area contributed by atoms with Crippen LogP contribution in [0.4, 0.5) is 10.5 Å². The molecule has 0 saturated heterocycles. The van der Waals surface area contributed by atoms with Crippen molar-refractivity contribution in [1.82, 2.24) is 20.4 Å². The predicted molar refractivity (Wildman–Crippen MR) is 83.0 cm³/mol. The Morgan fingerprint density at radius 3 is 2.95 bits per heavy atom. The van der Waals surface area contributed by atoms with Gasteiger partial charge in [0.15, 0.2) is 0 Å². The molecule has 1 heterocycles. The van der Waals surface area contributed by atoms with Gasteiger partial charge in [-0.3, -0.25) is 5.10 Å². The van der Waals surface area contributed by atoms with Gasteiger partial charge in [-0.05, 0) is 31.7 Å². The van der Waals surface area contributed by atoms with Gasteiger partial charge in [-0.25, -0.2) is 4.79 Å². The smallest absolute Gasteiger partial charge is 0.321 e. The zero-order valence-corrected chi connectivity index (χ0v) is 12.6. The molecule has 0 bridgehead atoms. The Hall–Kier alpha value is -2.34. The minimum atomic E-state index is -0.148. The Bertz CT molecular complexity index is 582. The van der Waals surface area contributed by atoms with Crippen molar-refractivity contribution in [2.45, 2.75) is 19.5 Å². The van der Waals surface area contributed by atoms with E-state index in [2.05, 4.69) is 27.8 Å². The minimum Gasteiger partial charge on any atom is -0.323 e. The monoisotopic (exact) mass is 287 g/mol. The van der Waals surface area contributed by atoms with Crippen LogP contribution >= 0.6 is 0 Å². The lowest BCUT2D eigenvalue weighted by Gasteiger charge is -2.18. The van der Waals surface area contributed by atoms with Gasteiger partial charge in [-0.1, -0.05) is 12.1 Å². The first-order chi connectivity index (χ1) is 10.1. The Morgan fingerprint density at radius 1 is 1.48 bits per heavy atom. The number of anilines is 1. The number of hydrogen-bond acceptors (Lipinski definition) is 3. The van der Waals surface area contributed by atoms with Crippen molar-refractivity contribution in [3.05, 3.63) is 47.8 Å². The maximum atomic E-state index is 12.2. The lowest BCUT2D eigenvalue weighted by molar-refractivity contribution is 0.220. The van der Waals surface area contributed by atoms with Crippen LogP contribution in [0.3, 0.4) is 0 Å². The number of aromatic amines is 1. The number of carbonyl (C=O) groups is 1. The summed E-state index contributed by atoms with van der Waals surface area (Å²) in [4.78, 5) is 13.8. The fourth-order valence-corrected chi connectivity index (χ4v) is 1.98. The van der Waals surface area contributed by atoms with Gasteiger partial charge < -0.3 is 15.5 Å². The van der Waals surface area contributed by atoms with Gasteiger partial charge in [0.1, 0.15) is 0 Å². The average Bonchev–Trinajstić information content (AvgIpc) is 2.99. The van der Waals surface area contributed by atoms with Crippen LogP contribution in [0.1, 0.15) is 24.1 Å². The number of benzene rings is 1. The first-order valence-electron chi connectivity index (χ1n) is 6.87. The molecule has 6 nitrogen and oxygen atoms in total. The van der Waals surface area contributed by atoms with E-state index in [-0.39, 0.29) is 12.1 Å². The average molecular weight is 287 g/mol. The van der Waals surface area contributed by atoms with Crippen molar-refractivity contribution in [3.63, 3.8) is 0 Å². The summed E-state index contributed by atoms with van der Waals surface area (Å²) in [6, 6.07) is 7.93. The number of nitrogens with zero attached hydrogens (tertiary/aromatic N) is 2. The van der Waals surface area contributed by atoms with Gasteiger partial charge in [0.2, 0.25) is 0 Å². The van der Waals surface area contributed by atoms with Crippen LogP contribution in [-0.2, 0) is 6.54 Å². The molecule has 0 aliphatic carbocycles. The second-order valence-electron chi connectivity index (χ2n) is 5.03. The maximum Gasteiger partial charge on any atom is 0.321 e. The molecule has 6 heteroatoms. The Labute approximate surface area is 124 Å². The van der Waals surface area contributed by atoms with E-state index in [4.69, 9.17) is 0 Å². The largest absolute Gasteiger partial charge is 0.323 e. The zero-order valence-electron chi connectivity index (χ0n) is 12.6. The molecule has 0 saturated carbocycles. The molecule has 0 fully saturated rings. The van der Waals surface area contributed by atoms with E-state index < -0.39 is 0 Å². The fraction of sp³-hybridized carbons (Fsp3) is 0.333. The first-order valence-corrected chi connectivity index (χ1v) is 6.87. The Balaban J connectivity index is 1.98. The van der Waals surface area contributed by atoms with Crippen molar-refractivity contribution < 1.29 is 4.79 Å². The fourth-order valence-electron chi connectivity index (χ4n) is 1.98. The SMILES string of the molecule is CNC(C)c1cccc(NC(=O)N(C)Cc2cn[nH]c2)c1. The molecule has 0 radical (unpaired) electrons. The highest BCUT2D eigenvalue weighted by Gasteiger charge is 2.11. The summed E-state index contributed by atoms with van der Waals surface area (Å²) >= 11 is 0. The highest BCUT2D eigenvalue weighted by atomic mass is 16.2. The number of nitrogens with one attached hydrogen (secondary N) is 3. The predicted octanol–water partition coefficient (Wildman–Crippen LogP) is 2.35. The Kier molecular flexibility index (Phi) is 4.94. The van der Waals surface area contributed by atoms with Gasteiger partial charge in [0, 0.05) is 30.5 Å². The minimum absolute atomic E-state index is 0.148. The molecule has 2 rings (SSSR count). The van der Waals surface area contributed by atoms with Crippen LogP contribution in [0, 0.1) is 0 Å². The van der Waals surface area contributed by atoms with E-state index in [1.165, 1.54) is 0 Å². The first kappa shape index (κ1) is 15.1. The van der Waals surface area contributed by atoms with Crippen LogP contribution in [0.15, 0.2) is 36.7 Å². The van der Waals surface area contributed by atoms with Crippen molar-refractivity contribution >= 4 is 11.7 Å². The Morgan fingerprint density at radius 2 is 2.29 bits per heavy atom. The van der Waals surface area contributed by atoms with E-state index in [1.54, 1.807) is 24.3 Å². The molecule has 0 aliphatic rings. The van der Waals surface area contributed by atoms with Crippen LogP contribution in [0.25, 0.3) is 0 Å². The summed E-state index contributed by atoms with van der Waals surface area (Å²) in [5.74, 6) is 0. The highest BCUT2D eigenvalue weighted by Crippen LogP contribution is 2.17. The van der Waals surface area contributed by atoms with Crippen LogP contribution in [-0.4, -0.2) is 35.2 Å². The van der Waals surface area contributed by atoms with E-state index in [0.717, 1.165) is 16.8 Å². The molecule has 3 N–H and O–H groups in total. The number of rotatable bonds is 5. The maximum absolute atomic E-state index is 12.2. The summed E-state index contributed by atoms with van der Waals surface area (Å²) < 4.78 is 0. The van der Waals surface area contributed by atoms with E-state index in [0.29, 0.717) is 6.54 Å². The van der Waals surface area contributed by atoms with E-state index >= 15 is 0 Å². The molecule has 21 heavy (non-hydrogen) atoms. The highest BCUT2D eigenvalue weighted by molar-refractivity contribution is 5.89. The van der Waals surface area contributed by atoms with Gasteiger partial charge >= 0.3 is 6.03 Å². The van der Waals surface area contributed by atoms with E-state index in [1.807, 2.05) is 31.3 Å². The molecule has 0 spiro atoms. The molecular weight excluding hydrogens is 266 g/mol. The molecule has 2 aromatic rings. The lowest BCUT2D eigenvalue weighted by atomic mass is 10.1. The van der Waals surface area contributed by atoms with Gasteiger partial charge in [-0.15, -0.1) is 0 Å². The molecule has 1 atom stereocenters. The van der Waals surface area contributed by atoms with Crippen molar-refractivity contribution in [3.8, 4) is 0 Å².